The molecular weight excluding hydrogens is 513 g/mol. The number of alkyl halides is 3. The van der Waals surface area contributed by atoms with Gasteiger partial charge in [0.1, 0.15) is 0 Å². The number of halogens is 3. The van der Waals surface area contributed by atoms with Crippen LogP contribution in [0.3, 0.4) is 0 Å². The predicted octanol–water partition coefficient (Wildman–Crippen LogP) is 3.25. The first-order valence-electron chi connectivity index (χ1n) is 10.4. The molecule has 1 aliphatic heterocycles. The summed E-state index contributed by atoms with van der Waals surface area (Å²) in [4.78, 5) is 3.48. The van der Waals surface area contributed by atoms with Crippen LogP contribution in [0.15, 0.2) is 58.3 Å². The average molecular weight is 539 g/mol. The third kappa shape index (κ3) is 6.44. The van der Waals surface area contributed by atoms with Crippen LogP contribution in [0, 0.1) is 5.92 Å². The Morgan fingerprint density at radius 1 is 0.914 bits per heavy atom. The van der Waals surface area contributed by atoms with E-state index in [2.05, 4.69) is 4.84 Å². The van der Waals surface area contributed by atoms with Crippen molar-refractivity contribution in [1.82, 2.24) is 8.77 Å². The largest absolute Gasteiger partial charge is 0.540 e. The van der Waals surface area contributed by atoms with Crippen molar-refractivity contribution >= 4 is 20.0 Å². The molecule has 3 rings (SSSR count). The topological polar surface area (TPSA) is 102 Å². The van der Waals surface area contributed by atoms with Crippen LogP contribution in [0.2, 0.25) is 0 Å². The van der Waals surface area contributed by atoms with Crippen LogP contribution in [0.1, 0.15) is 12.8 Å². The van der Waals surface area contributed by atoms with Crippen LogP contribution >= 0.6 is 0 Å². The van der Waals surface area contributed by atoms with Gasteiger partial charge in [-0.3, -0.25) is 0 Å². The van der Waals surface area contributed by atoms with E-state index in [1.807, 2.05) is 0 Å². The van der Waals surface area contributed by atoms with Crippen molar-refractivity contribution in [2.45, 2.75) is 29.0 Å². The number of hydrogen-bond acceptors (Lipinski definition) is 7. The van der Waals surface area contributed by atoms with Gasteiger partial charge in [0.15, 0.2) is 11.5 Å². The maximum absolute atomic E-state index is 13.1. The zero-order valence-electron chi connectivity index (χ0n) is 18.9. The van der Waals surface area contributed by atoms with E-state index in [1.165, 1.54) is 67.1 Å². The minimum Gasteiger partial charge on any atom is -0.493 e. The molecule has 1 saturated heterocycles. The van der Waals surface area contributed by atoms with Crippen LogP contribution in [0.25, 0.3) is 0 Å². The van der Waals surface area contributed by atoms with E-state index in [9.17, 15) is 30.0 Å². The summed E-state index contributed by atoms with van der Waals surface area (Å²) in [5.41, 5.74) is 0. The summed E-state index contributed by atoms with van der Waals surface area (Å²) in [7, 11) is -5.73. The molecule has 0 aliphatic carbocycles. The normalized spacial score (nSPS) is 16.4. The Balaban J connectivity index is 1.74. The number of hydrogen-bond donors (Lipinski definition) is 0. The molecule has 9 nitrogen and oxygen atoms in total. The fourth-order valence-corrected chi connectivity index (χ4v) is 6.49. The number of rotatable bonds is 9. The van der Waals surface area contributed by atoms with Gasteiger partial charge >= 0.3 is 6.36 Å². The van der Waals surface area contributed by atoms with Crippen molar-refractivity contribution in [3.8, 4) is 11.5 Å². The number of hydroxylamine groups is 1. The van der Waals surface area contributed by atoms with E-state index in [-0.39, 0.29) is 45.9 Å². The molecule has 0 N–H and O–H groups in total. The van der Waals surface area contributed by atoms with E-state index in [4.69, 9.17) is 9.47 Å². The monoisotopic (exact) mass is 538 g/mol. The minimum atomic E-state index is -5.22. The molecule has 1 heterocycles. The lowest BCUT2D eigenvalue weighted by atomic mass is 9.99. The van der Waals surface area contributed by atoms with E-state index < -0.39 is 38.9 Å². The van der Waals surface area contributed by atoms with E-state index in [0.717, 1.165) is 0 Å². The molecule has 2 aromatic carbocycles. The van der Waals surface area contributed by atoms with Crippen LogP contribution in [-0.4, -0.2) is 65.8 Å². The summed E-state index contributed by atoms with van der Waals surface area (Å²) >= 11 is 0. The van der Waals surface area contributed by atoms with E-state index in [1.54, 1.807) is 0 Å². The Labute approximate surface area is 202 Å². The Morgan fingerprint density at radius 2 is 1.51 bits per heavy atom. The molecule has 194 valence electrons. The second kappa shape index (κ2) is 10.7. The molecule has 35 heavy (non-hydrogen) atoms. The van der Waals surface area contributed by atoms with Gasteiger partial charge in [-0.15, -0.1) is 13.2 Å². The van der Waals surface area contributed by atoms with Gasteiger partial charge in [-0.2, -0.15) is 9.14 Å². The Hall–Kier alpha value is -2.39. The van der Waals surface area contributed by atoms with Gasteiger partial charge < -0.3 is 9.47 Å². The zero-order valence-corrected chi connectivity index (χ0v) is 20.6. The van der Waals surface area contributed by atoms with Gasteiger partial charge in [-0.05, 0) is 43.0 Å². The van der Waals surface area contributed by atoms with Gasteiger partial charge in [0.2, 0.25) is 10.0 Å². The molecule has 0 aromatic heterocycles. The van der Waals surface area contributed by atoms with Crippen molar-refractivity contribution in [2.24, 2.45) is 5.92 Å². The van der Waals surface area contributed by atoms with Gasteiger partial charge in [0, 0.05) is 25.7 Å². The smallest absolute Gasteiger partial charge is 0.493 e. The highest BCUT2D eigenvalue weighted by atomic mass is 32.2. The number of methoxy groups -OCH3 is 2. The van der Waals surface area contributed by atoms with Crippen LogP contribution in [0.5, 0.6) is 11.5 Å². The Morgan fingerprint density at radius 3 is 2.06 bits per heavy atom. The minimum absolute atomic E-state index is 0.00735. The Kier molecular flexibility index (Phi) is 8.32. The Bertz CT molecular complexity index is 1220. The molecule has 0 amide bonds. The van der Waals surface area contributed by atoms with Crippen molar-refractivity contribution < 1.29 is 44.3 Å². The summed E-state index contributed by atoms with van der Waals surface area (Å²) in [6, 6.07) is 10.8. The highest BCUT2D eigenvalue weighted by Crippen LogP contribution is 2.33. The number of piperidine rings is 1. The number of ether oxygens (including phenoxy) is 2. The lowest BCUT2D eigenvalue weighted by Crippen LogP contribution is -2.44. The molecule has 1 aliphatic rings. The number of nitrogens with zero attached hydrogens (tertiary/aromatic N) is 2. The maximum Gasteiger partial charge on any atom is 0.540 e. The van der Waals surface area contributed by atoms with Crippen molar-refractivity contribution in [1.29, 1.82) is 0 Å². The average Bonchev–Trinajstić information content (AvgIpc) is 2.83. The standard InChI is InChI=1S/C21H25F3N2O7S2/c1-31-19-9-8-18(14-20(19)32-2)34(27,28)25-12-10-16(11-13-25)15-26(33-21(22,23)24)35(29,30)17-6-4-3-5-7-17/h3-9,14,16H,10-13,15H2,1-2H3. The summed E-state index contributed by atoms with van der Waals surface area (Å²) in [5, 5.41) is 0. The zero-order chi connectivity index (χ0) is 25.9. The third-order valence-electron chi connectivity index (χ3n) is 5.49. The van der Waals surface area contributed by atoms with Gasteiger partial charge in [0.05, 0.1) is 24.0 Å². The number of benzene rings is 2. The summed E-state index contributed by atoms with van der Waals surface area (Å²) in [6.45, 7) is -0.597. The molecule has 0 unspecified atom stereocenters. The fraction of sp³-hybridized carbons (Fsp3) is 0.429. The summed E-state index contributed by atoms with van der Waals surface area (Å²) in [5.74, 6) is 0.0248. The highest BCUT2D eigenvalue weighted by Gasteiger charge is 2.41. The quantitative estimate of drug-likeness (QED) is 0.452. The molecule has 0 bridgehead atoms. The lowest BCUT2D eigenvalue weighted by Gasteiger charge is -2.33. The second-order valence-corrected chi connectivity index (χ2v) is 11.5. The molecule has 14 heteroatoms. The maximum atomic E-state index is 13.1. The van der Waals surface area contributed by atoms with Crippen molar-refractivity contribution in [3.63, 3.8) is 0 Å². The van der Waals surface area contributed by atoms with Crippen molar-refractivity contribution in [3.05, 3.63) is 48.5 Å². The first kappa shape index (κ1) is 27.2. The SMILES string of the molecule is COc1ccc(S(=O)(=O)N2CCC(CN(OC(F)(F)F)S(=O)(=O)c3ccccc3)CC2)cc1OC. The van der Waals surface area contributed by atoms with Crippen LogP contribution in [0.4, 0.5) is 13.2 Å². The second-order valence-electron chi connectivity index (χ2n) is 7.70. The highest BCUT2D eigenvalue weighted by molar-refractivity contribution is 7.89. The number of sulfonamides is 2. The molecule has 2 aromatic rings. The van der Waals surface area contributed by atoms with Crippen LogP contribution < -0.4 is 9.47 Å². The van der Waals surface area contributed by atoms with E-state index in [0.29, 0.717) is 5.75 Å². The van der Waals surface area contributed by atoms with Gasteiger partial charge in [0.25, 0.3) is 10.0 Å². The third-order valence-corrected chi connectivity index (χ3v) is 9.01. The summed E-state index contributed by atoms with van der Waals surface area (Å²) in [6.07, 6.45) is -4.96. The molecule has 1 fully saturated rings. The molecule has 0 spiro atoms. The predicted molar refractivity (Wildman–Crippen MR) is 119 cm³/mol. The van der Waals surface area contributed by atoms with Gasteiger partial charge in [-0.25, -0.2) is 16.8 Å². The molecule has 0 atom stereocenters. The molecule has 0 radical (unpaired) electrons. The lowest BCUT2D eigenvalue weighted by molar-refractivity contribution is -0.391. The van der Waals surface area contributed by atoms with E-state index >= 15 is 0 Å². The molecular formula is C21H25F3N2O7S2. The molecule has 0 saturated carbocycles. The van der Waals surface area contributed by atoms with Crippen LogP contribution in [-0.2, 0) is 24.9 Å². The van der Waals surface area contributed by atoms with Crippen molar-refractivity contribution in [2.75, 3.05) is 33.9 Å². The fourth-order valence-electron chi connectivity index (χ4n) is 3.68. The first-order chi connectivity index (χ1) is 16.4. The van der Waals surface area contributed by atoms with Gasteiger partial charge in [-0.1, -0.05) is 22.7 Å². The summed E-state index contributed by atoms with van der Waals surface area (Å²) < 4.78 is 102. The first-order valence-corrected chi connectivity index (χ1v) is 13.3.